The highest BCUT2D eigenvalue weighted by Gasteiger charge is 2.35. The van der Waals surface area contributed by atoms with Crippen molar-refractivity contribution in [3.8, 4) is 11.1 Å². The highest BCUT2D eigenvalue weighted by molar-refractivity contribution is 5.79. The molecule has 1 aliphatic carbocycles. The van der Waals surface area contributed by atoms with Gasteiger partial charge in [0.15, 0.2) is 6.29 Å². The van der Waals surface area contributed by atoms with Crippen molar-refractivity contribution in [2.45, 2.75) is 24.3 Å². The summed E-state index contributed by atoms with van der Waals surface area (Å²) in [6.45, 7) is -0.421. The number of alkyl halides is 3. The molecule has 0 fully saturated rings. The average Bonchev–Trinajstić information content (AvgIpc) is 3.18. The summed E-state index contributed by atoms with van der Waals surface area (Å²) in [4.78, 5) is 23.1. The Morgan fingerprint density at radius 2 is 1.60 bits per heavy atom. The smallest absolute Gasteiger partial charge is 0.417 e. The number of hydrogen-bond acceptors (Lipinski definition) is 5. The van der Waals surface area contributed by atoms with Crippen LogP contribution in [-0.4, -0.2) is 41.8 Å². The highest BCUT2D eigenvalue weighted by atomic mass is 19.4. The maximum Gasteiger partial charge on any atom is 0.417 e. The van der Waals surface area contributed by atoms with E-state index in [4.69, 9.17) is 4.74 Å². The van der Waals surface area contributed by atoms with Gasteiger partial charge in [-0.15, -0.1) is 0 Å². The lowest BCUT2D eigenvalue weighted by molar-refractivity contribution is -0.138. The molecule has 3 aromatic rings. The number of rotatable bonds is 7. The van der Waals surface area contributed by atoms with Crippen LogP contribution in [0.2, 0.25) is 0 Å². The predicted octanol–water partition coefficient (Wildman–Crippen LogP) is 4.45. The molecule has 0 spiro atoms. The molecule has 3 N–H and O–H groups in total. The number of ether oxygens (including phenoxy) is 1. The second kappa shape index (κ2) is 9.89. The molecule has 9 heteroatoms. The first-order chi connectivity index (χ1) is 16.7. The Morgan fingerprint density at radius 3 is 2.17 bits per heavy atom. The van der Waals surface area contributed by atoms with E-state index < -0.39 is 42.1 Å². The molecule has 182 valence electrons. The van der Waals surface area contributed by atoms with Crippen LogP contribution in [0.15, 0.2) is 66.7 Å². The zero-order valence-electron chi connectivity index (χ0n) is 18.3. The van der Waals surface area contributed by atoms with Gasteiger partial charge in [-0.1, -0.05) is 60.7 Å². The first-order valence-corrected chi connectivity index (χ1v) is 10.8. The zero-order valence-corrected chi connectivity index (χ0v) is 18.3. The van der Waals surface area contributed by atoms with Gasteiger partial charge in [-0.05, 0) is 33.9 Å². The van der Waals surface area contributed by atoms with Gasteiger partial charge in [0.1, 0.15) is 18.8 Å². The Hall–Kier alpha value is -3.69. The van der Waals surface area contributed by atoms with Gasteiger partial charge in [-0.2, -0.15) is 13.2 Å². The minimum atomic E-state index is -4.81. The van der Waals surface area contributed by atoms with Gasteiger partial charge in [-0.3, -0.25) is 4.79 Å². The SMILES string of the molecule is O=Cc1ccc(C(O)C(O)CNC(=O)OCC2c3ccccc3-c3ccccc32)cc1C(F)(F)F. The summed E-state index contributed by atoms with van der Waals surface area (Å²) >= 11 is 0. The van der Waals surface area contributed by atoms with Gasteiger partial charge in [0.25, 0.3) is 0 Å². The summed E-state index contributed by atoms with van der Waals surface area (Å²) in [5.41, 5.74) is 2.13. The number of alkyl carbamates (subject to hydrolysis) is 1. The summed E-state index contributed by atoms with van der Waals surface area (Å²) < 4.78 is 44.8. The van der Waals surface area contributed by atoms with E-state index in [0.717, 1.165) is 34.4 Å². The average molecular weight is 485 g/mol. The molecule has 1 aliphatic rings. The summed E-state index contributed by atoms with van der Waals surface area (Å²) in [7, 11) is 0. The second-order valence-electron chi connectivity index (χ2n) is 8.18. The van der Waals surface area contributed by atoms with Crippen LogP contribution >= 0.6 is 0 Å². The van der Waals surface area contributed by atoms with E-state index in [-0.39, 0.29) is 24.4 Å². The molecule has 1 amide bonds. The fourth-order valence-electron chi connectivity index (χ4n) is 4.28. The fourth-order valence-corrected chi connectivity index (χ4v) is 4.28. The first kappa shape index (κ1) is 24.4. The van der Waals surface area contributed by atoms with Crippen LogP contribution < -0.4 is 5.32 Å². The van der Waals surface area contributed by atoms with Crippen LogP contribution in [0.1, 0.15) is 44.6 Å². The lowest BCUT2D eigenvalue weighted by atomic mass is 9.98. The van der Waals surface area contributed by atoms with E-state index in [2.05, 4.69) is 5.32 Å². The van der Waals surface area contributed by atoms with Gasteiger partial charge in [0.2, 0.25) is 0 Å². The van der Waals surface area contributed by atoms with Gasteiger partial charge in [0, 0.05) is 18.0 Å². The van der Waals surface area contributed by atoms with Crippen LogP contribution in [0, 0.1) is 0 Å². The number of aliphatic hydroxyl groups excluding tert-OH is 2. The molecular weight excluding hydrogens is 463 g/mol. The monoisotopic (exact) mass is 485 g/mol. The van der Waals surface area contributed by atoms with Crippen molar-refractivity contribution < 1.29 is 37.7 Å². The molecule has 0 radical (unpaired) electrons. The lowest BCUT2D eigenvalue weighted by Crippen LogP contribution is -2.36. The van der Waals surface area contributed by atoms with Crippen molar-refractivity contribution in [1.29, 1.82) is 0 Å². The number of fused-ring (bicyclic) bond motifs is 3. The topological polar surface area (TPSA) is 95.9 Å². The summed E-state index contributed by atoms with van der Waals surface area (Å²) in [6.07, 6.45) is -8.93. The number of aliphatic hydroxyl groups is 2. The first-order valence-electron chi connectivity index (χ1n) is 10.8. The Labute approximate surface area is 199 Å². The number of nitrogens with one attached hydrogen (secondary N) is 1. The fraction of sp³-hybridized carbons (Fsp3) is 0.231. The van der Waals surface area contributed by atoms with Crippen LogP contribution in [0.5, 0.6) is 0 Å². The van der Waals surface area contributed by atoms with Crippen LogP contribution in [0.4, 0.5) is 18.0 Å². The Bertz CT molecular complexity index is 1200. The van der Waals surface area contributed by atoms with Gasteiger partial charge in [-0.25, -0.2) is 4.79 Å². The van der Waals surface area contributed by atoms with Gasteiger partial charge < -0.3 is 20.3 Å². The normalized spacial score (nSPS) is 14.5. The lowest BCUT2D eigenvalue weighted by Gasteiger charge is -2.20. The van der Waals surface area contributed by atoms with Crippen molar-refractivity contribution in [2.24, 2.45) is 0 Å². The molecule has 0 aromatic heterocycles. The molecule has 0 saturated carbocycles. The van der Waals surface area contributed by atoms with Crippen LogP contribution in [0.25, 0.3) is 11.1 Å². The van der Waals surface area contributed by atoms with Gasteiger partial charge >= 0.3 is 12.3 Å². The molecule has 35 heavy (non-hydrogen) atoms. The van der Waals surface area contributed by atoms with E-state index in [9.17, 15) is 33.0 Å². The van der Waals surface area contributed by atoms with Crippen molar-refractivity contribution in [3.63, 3.8) is 0 Å². The van der Waals surface area contributed by atoms with E-state index in [1.54, 1.807) is 0 Å². The number of halogens is 3. The molecule has 0 bridgehead atoms. The van der Waals surface area contributed by atoms with Gasteiger partial charge in [0.05, 0.1) is 5.56 Å². The quantitative estimate of drug-likeness (QED) is 0.430. The Kier molecular flexibility index (Phi) is 6.90. The summed E-state index contributed by atoms with van der Waals surface area (Å²) in [5, 5.41) is 22.8. The third kappa shape index (κ3) is 5.06. The van der Waals surface area contributed by atoms with Crippen molar-refractivity contribution >= 4 is 12.4 Å². The molecular formula is C26H22F3NO5. The predicted molar refractivity (Wildman–Crippen MR) is 121 cm³/mol. The molecule has 0 saturated heterocycles. The highest BCUT2D eigenvalue weighted by Crippen LogP contribution is 2.44. The van der Waals surface area contributed by atoms with Crippen molar-refractivity contribution in [1.82, 2.24) is 5.32 Å². The molecule has 0 heterocycles. The number of carbonyl (C=O) groups is 2. The number of benzene rings is 3. The van der Waals surface area contributed by atoms with Crippen LogP contribution in [0.3, 0.4) is 0 Å². The summed E-state index contributed by atoms with van der Waals surface area (Å²) in [5.74, 6) is -0.166. The molecule has 0 aliphatic heterocycles. The number of hydrogen-bond donors (Lipinski definition) is 3. The molecule has 6 nitrogen and oxygen atoms in total. The number of carbonyl (C=O) groups excluding carboxylic acids is 2. The standard InChI is InChI=1S/C26H22F3NO5/c27-26(28,29)22-11-15(9-10-16(22)13-31)24(33)23(32)12-30-25(34)35-14-21-19-7-3-1-5-17(19)18-6-2-4-8-20(18)21/h1-11,13,21,23-24,32-33H,12,14H2,(H,30,34). The van der Waals surface area contributed by atoms with E-state index >= 15 is 0 Å². The Balaban J connectivity index is 1.36. The van der Waals surface area contributed by atoms with E-state index in [1.165, 1.54) is 0 Å². The molecule has 2 atom stereocenters. The largest absolute Gasteiger partial charge is 0.449 e. The zero-order chi connectivity index (χ0) is 25.2. The number of aldehydes is 1. The maximum absolute atomic E-state index is 13.2. The third-order valence-electron chi connectivity index (χ3n) is 6.01. The van der Waals surface area contributed by atoms with Crippen molar-refractivity contribution in [2.75, 3.05) is 13.2 Å². The second-order valence-corrected chi connectivity index (χ2v) is 8.18. The van der Waals surface area contributed by atoms with E-state index in [0.29, 0.717) is 6.07 Å². The minimum Gasteiger partial charge on any atom is -0.449 e. The molecule has 4 rings (SSSR count). The molecule has 2 unspecified atom stereocenters. The summed E-state index contributed by atoms with van der Waals surface area (Å²) in [6, 6.07) is 18.2. The Morgan fingerprint density at radius 1 is 1.00 bits per heavy atom. The van der Waals surface area contributed by atoms with E-state index in [1.807, 2.05) is 48.5 Å². The molecule has 3 aromatic carbocycles. The maximum atomic E-state index is 13.2. The number of amides is 1. The van der Waals surface area contributed by atoms with Crippen molar-refractivity contribution in [3.05, 3.63) is 94.5 Å². The minimum absolute atomic E-state index is 0.0423. The third-order valence-corrected chi connectivity index (χ3v) is 6.01. The van der Waals surface area contributed by atoms with Crippen LogP contribution in [-0.2, 0) is 10.9 Å².